The molecule has 0 saturated carbocycles. The van der Waals surface area contributed by atoms with Crippen LogP contribution in [0.5, 0.6) is 5.75 Å². The predicted octanol–water partition coefficient (Wildman–Crippen LogP) is 1.27. The second-order valence-electron chi connectivity index (χ2n) is 3.71. The largest absolute Gasteiger partial charge is 0.496 e. The van der Waals surface area contributed by atoms with Crippen LogP contribution in [0.1, 0.15) is 10.4 Å². The van der Waals surface area contributed by atoms with Gasteiger partial charge in [0.15, 0.2) is 0 Å². The van der Waals surface area contributed by atoms with Gasteiger partial charge in [0.25, 0.3) is 5.91 Å². The maximum Gasteiger partial charge on any atom is 0.257 e. The van der Waals surface area contributed by atoms with E-state index in [0.29, 0.717) is 24.4 Å². The Morgan fingerprint density at radius 1 is 1.56 bits per heavy atom. The van der Waals surface area contributed by atoms with Crippen molar-refractivity contribution in [1.82, 2.24) is 4.90 Å². The predicted molar refractivity (Wildman–Crippen MR) is 62.6 cm³/mol. The lowest BCUT2D eigenvalue weighted by atomic mass is 10.1. The van der Waals surface area contributed by atoms with Crippen molar-refractivity contribution in [3.05, 3.63) is 28.2 Å². The molecule has 1 heterocycles. The highest BCUT2D eigenvalue weighted by Gasteiger charge is 2.30. The summed E-state index contributed by atoms with van der Waals surface area (Å²) in [5, 5.41) is 9.15. The van der Waals surface area contributed by atoms with Crippen molar-refractivity contribution in [2.24, 2.45) is 0 Å². The summed E-state index contributed by atoms with van der Waals surface area (Å²) in [6.07, 6.45) is -0.384. The van der Waals surface area contributed by atoms with Crippen LogP contribution in [0.2, 0.25) is 0 Å². The fraction of sp³-hybridized carbons (Fsp3) is 0.364. The molecule has 2 rings (SSSR count). The zero-order valence-electron chi connectivity index (χ0n) is 8.81. The molecule has 1 saturated heterocycles. The summed E-state index contributed by atoms with van der Waals surface area (Å²) in [5.41, 5.74) is 0.526. The van der Waals surface area contributed by atoms with Crippen LogP contribution in [-0.2, 0) is 0 Å². The number of hydrogen-bond donors (Lipinski definition) is 1. The van der Waals surface area contributed by atoms with E-state index in [2.05, 4.69) is 15.9 Å². The lowest BCUT2D eigenvalue weighted by Gasteiger charge is -2.36. The van der Waals surface area contributed by atoms with Gasteiger partial charge < -0.3 is 14.7 Å². The molecule has 1 amide bonds. The van der Waals surface area contributed by atoms with Gasteiger partial charge in [0.1, 0.15) is 5.75 Å². The molecule has 0 unspecified atom stereocenters. The molecule has 0 bridgehead atoms. The molecular weight excluding hydrogens is 274 g/mol. The first-order valence-electron chi connectivity index (χ1n) is 4.92. The van der Waals surface area contributed by atoms with E-state index < -0.39 is 0 Å². The highest BCUT2D eigenvalue weighted by atomic mass is 79.9. The number of aliphatic hydroxyl groups is 1. The molecule has 1 aliphatic heterocycles. The molecule has 4 nitrogen and oxygen atoms in total. The van der Waals surface area contributed by atoms with Gasteiger partial charge in [0.05, 0.1) is 18.8 Å². The highest BCUT2D eigenvalue weighted by Crippen LogP contribution is 2.26. The summed E-state index contributed by atoms with van der Waals surface area (Å²) < 4.78 is 6.02. The molecule has 86 valence electrons. The first-order chi connectivity index (χ1) is 7.61. The number of halogens is 1. The van der Waals surface area contributed by atoms with Crippen LogP contribution in [0.15, 0.2) is 22.7 Å². The molecule has 1 aromatic carbocycles. The second-order valence-corrected chi connectivity index (χ2v) is 4.62. The van der Waals surface area contributed by atoms with E-state index in [1.807, 2.05) is 0 Å². The van der Waals surface area contributed by atoms with Gasteiger partial charge in [-0.25, -0.2) is 0 Å². The maximum atomic E-state index is 12.0. The first-order valence-corrected chi connectivity index (χ1v) is 5.72. The SMILES string of the molecule is COc1cc(Br)ccc1C(=O)N1CC(O)C1. The van der Waals surface area contributed by atoms with Crippen LogP contribution >= 0.6 is 15.9 Å². The molecule has 5 heteroatoms. The lowest BCUT2D eigenvalue weighted by molar-refractivity contribution is 0.00570. The maximum absolute atomic E-state index is 12.0. The van der Waals surface area contributed by atoms with E-state index in [-0.39, 0.29) is 12.0 Å². The number of ether oxygens (including phenoxy) is 1. The van der Waals surface area contributed by atoms with E-state index in [9.17, 15) is 4.79 Å². The van der Waals surface area contributed by atoms with Crippen molar-refractivity contribution in [3.63, 3.8) is 0 Å². The Kier molecular flexibility index (Phi) is 3.16. The minimum absolute atomic E-state index is 0.102. The normalized spacial score (nSPS) is 15.8. The van der Waals surface area contributed by atoms with Crippen LogP contribution in [0.25, 0.3) is 0 Å². The van der Waals surface area contributed by atoms with Gasteiger partial charge in [-0.2, -0.15) is 0 Å². The van der Waals surface area contributed by atoms with E-state index in [1.165, 1.54) is 7.11 Å². The minimum Gasteiger partial charge on any atom is -0.496 e. The average molecular weight is 286 g/mol. The van der Waals surface area contributed by atoms with E-state index in [4.69, 9.17) is 9.84 Å². The summed E-state index contributed by atoms with van der Waals surface area (Å²) in [4.78, 5) is 13.6. The molecule has 1 aliphatic rings. The monoisotopic (exact) mass is 285 g/mol. The Morgan fingerprint density at radius 2 is 2.25 bits per heavy atom. The summed E-state index contributed by atoms with van der Waals surface area (Å²) >= 11 is 3.32. The Morgan fingerprint density at radius 3 is 2.81 bits per heavy atom. The molecule has 1 N–H and O–H groups in total. The number of likely N-dealkylation sites (tertiary alicyclic amines) is 1. The van der Waals surface area contributed by atoms with Crippen LogP contribution in [0.4, 0.5) is 0 Å². The Labute approximate surface area is 102 Å². The average Bonchev–Trinajstić information content (AvgIpc) is 2.23. The third-order valence-corrected chi connectivity index (χ3v) is 3.04. The van der Waals surface area contributed by atoms with Gasteiger partial charge in [-0.15, -0.1) is 0 Å². The van der Waals surface area contributed by atoms with Crippen molar-refractivity contribution in [3.8, 4) is 5.75 Å². The molecule has 0 atom stereocenters. The summed E-state index contributed by atoms with van der Waals surface area (Å²) in [6, 6.07) is 5.27. The van der Waals surface area contributed by atoms with Gasteiger partial charge in [0.2, 0.25) is 0 Å². The number of carbonyl (C=O) groups is 1. The summed E-state index contributed by atoms with van der Waals surface area (Å²) in [5.74, 6) is 0.440. The molecule has 0 radical (unpaired) electrons. The zero-order chi connectivity index (χ0) is 11.7. The fourth-order valence-corrected chi connectivity index (χ4v) is 1.97. The molecule has 16 heavy (non-hydrogen) atoms. The van der Waals surface area contributed by atoms with Crippen molar-refractivity contribution < 1.29 is 14.6 Å². The number of methoxy groups -OCH3 is 1. The minimum atomic E-state index is -0.384. The van der Waals surface area contributed by atoms with E-state index in [1.54, 1.807) is 23.1 Å². The van der Waals surface area contributed by atoms with Crippen LogP contribution < -0.4 is 4.74 Å². The Bertz CT molecular complexity index is 416. The number of nitrogens with zero attached hydrogens (tertiary/aromatic N) is 1. The quantitative estimate of drug-likeness (QED) is 0.891. The summed E-state index contributed by atoms with van der Waals surface area (Å²) in [7, 11) is 1.53. The number of hydrogen-bond acceptors (Lipinski definition) is 3. The fourth-order valence-electron chi connectivity index (χ4n) is 1.63. The highest BCUT2D eigenvalue weighted by molar-refractivity contribution is 9.10. The van der Waals surface area contributed by atoms with Crippen molar-refractivity contribution in [2.75, 3.05) is 20.2 Å². The standard InChI is InChI=1S/C11H12BrNO3/c1-16-10-4-7(12)2-3-9(10)11(15)13-5-8(14)6-13/h2-4,8,14H,5-6H2,1H3. The molecular formula is C11H12BrNO3. The molecule has 0 aromatic heterocycles. The smallest absolute Gasteiger partial charge is 0.257 e. The van der Waals surface area contributed by atoms with Gasteiger partial charge >= 0.3 is 0 Å². The third-order valence-electron chi connectivity index (χ3n) is 2.54. The Balaban J connectivity index is 2.22. The molecule has 1 fully saturated rings. The van der Waals surface area contributed by atoms with Crippen LogP contribution in [0.3, 0.4) is 0 Å². The van der Waals surface area contributed by atoms with Gasteiger partial charge in [-0.1, -0.05) is 15.9 Å². The van der Waals surface area contributed by atoms with Gasteiger partial charge in [-0.3, -0.25) is 4.79 Å². The van der Waals surface area contributed by atoms with Crippen molar-refractivity contribution >= 4 is 21.8 Å². The zero-order valence-corrected chi connectivity index (χ0v) is 10.4. The van der Waals surface area contributed by atoms with Gasteiger partial charge in [0, 0.05) is 17.6 Å². The number of benzene rings is 1. The second kappa shape index (κ2) is 4.43. The Hall–Kier alpha value is -1.07. The van der Waals surface area contributed by atoms with E-state index in [0.717, 1.165) is 4.47 Å². The number of carbonyl (C=O) groups excluding carboxylic acids is 1. The molecule has 1 aromatic rings. The first kappa shape index (κ1) is 11.4. The third kappa shape index (κ3) is 2.05. The van der Waals surface area contributed by atoms with Crippen molar-refractivity contribution in [2.45, 2.75) is 6.10 Å². The molecule has 0 spiro atoms. The van der Waals surface area contributed by atoms with Gasteiger partial charge in [-0.05, 0) is 18.2 Å². The summed E-state index contributed by atoms with van der Waals surface area (Å²) in [6.45, 7) is 0.802. The number of amides is 1. The number of aliphatic hydroxyl groups excluding tert-OH is 1. The van der Waals surface area contributed by atoms with Crippen LogP contribution in [-0.4, -0.2) is 42.2 Å². The lowest BCUT2D eigenvalue weighted by Crippen LogP contribution is -2.53. The van der Waals surface area contributed by atoms with Crippen LogP contribution in [0, 0.1) is 0 Å². The number of rotatable bonds is 2. The molecule has 0 aliphatic carbocycles. The topological polar surface area (TPSA) is 49.8 Å². The van der Waals surface area contributed by atoms with E-state index >= 15 is 0 Å². The van der Waals surface area contributed by atoms with Crippen molar-refractivity contribution in [1.29, 1.82) is 0 Å². The number of β-amino-alcohol motifs (C(OH)–C–C–N with tert-alkyl or cyclic N) is 1.